The first-order valence-electron chi connectivity index (χ1n) is 8.14. The van der Waals surface area contributed by atoms with E-state index in [0.29, 0.717) is 11.7 Å². The molecule has 0 bridgehead atoms. The normalized spacial score (nSPS) is 13.8. The Morgan fingerprint density at radius 2 is 1.80 bits per heavy atom. The van der Waals surface area contributed by atoms with Crippen LogP contribution in [0.25, 0.3) is 5.69 Å². The average Bonchev–Trinajstić information content (AvgIpc) is 3.40. The molecule has 1 saturated carbocycles. The lowest BCUT2D eigenvalue weighted by atomic mass is 10.2. The van der Waals surface area contributed by atoms with Gasteiger partial charge in [0, 0.05) is 20.7 Å². The van der Waals surface area contributed by atoms with Crippen molar-refractivity contribution < 1.29 is 4.79 Å². The number of aromatic nitrogens is 3. The van der Waals surface area contributed by atoms with E-state index >= 15 is 0 Å². The second-order valence-corrected chi connectivity index (χ2v) is 8.19. The summed E-state index contributed by atoms with van der Waals surface area (Å²) in [6, 6.07) is 17.8. The van der Waals surface area contributed by atoms with E-state index in [1.165, 1.54) is 11.8 Å². The first kappa shape index (κ1) is 16.8. The predicted molar refractivity (Wildman–Crippen MR) is 108 cm³/mol. The van der Waals surface area contributed by atoms with Crippen molar-refractivity contribution in [2.45, 2.75) is 23.9 Å². The van der Waals surface area contributed by atoms with Crippen LogP contribution in [0.1, 0.15) is 34.9 Å². The van der Waals surface area contributed by atoms with Crippen molar-refractivity contribution in [2.75, 3.05) is 5.75 Å². The average molecular weight is 461 g/mol. The summed E-state index contributed by atoms with van der Waals surface area (Å²) in [5, 5.41) is 9.54. The van der Waals surface area contributed by atoms with Gasteiger partial charge in [-0.3, -0.25) is 9.36 Å². The quantitative estimate of drug-likeness (QED) is 0.303. The van der Waals surface area contributed by atoms with E-state index in [4.69, 9.17) is 0 Å². The molecule has 3 aromatic rings. The topological polar surface area (TPSA) is 47.8 Å². The number of nitrogens with zero attached hydrogens (tertiary/aromatic N) is 3. The van der Waals surface area contributed by atoms with Crippen LogP contribution in [-0.4, -0.2) is 26.3 Å². The molecule has 0 saturated heterocycles. The molecule has 0 spiro atoms. The number of para-hydroxylation sites is 1. The van der Waals surface area contributed by atoms with E-state index in [9.17, 15) is 4.79 Å². The number of halogens is 1. The lowest BCUT2D eigenvalue weighted by Gasteiger charge is -2.09. The van der Waals surface area contributed by atoms with E-state index in [0.717, 1.165) is 38.6 Å². The molecule has 1 heterocycles. The van der Waals surface area contributed by atoms with E-state index in [2.05, 4.69) is 49.5 Å². The van der Waals surface area contributed by atoms with Crippen LogP contribution in [0, 0.1) is 3.57 Å². The van der Waals surface area contributed by atoms with Crippen molar-refractivity contribution in [3.8, 4) is 5.69 Å². The summed E-state index contributed by atoms with van der Waals surface area (Å²) in [6.45, 7) is 0. The van der Waals surface area contributed by atoms with Gasteiger partial charge in [0.1, 0.15) is 5.82 Å². The summed E-state index contributed by atoms with van der Waals surface area (Å²) in [7, 11) is 0. The maximum atomic E-state index is 12.4. The van der Waals surface area contributed by atoms with Gasteiger partial charge in [-0.25, -0.2) is 0 Å². The van der Waals surface area contributed by atoms with Crippen LogP contribution < -0.4 is 0 Å². The zero-order chi connectivity index (χ0) is 17.2. The van der Waals surface area contributed by atoms with Crippen molar-refractivity contribution in [1.29, 1.82) is 0 Å². The summed E-state index contributed by atoms with van der Waals surface area (Å²) in [4.78, 5) is 12.4. The number of ketones is 1. The molecule has 0 atom stereocenters. The molecule has 0 amide bonds. The fourth-order valence-electron chi connectivity index (χ4n) is 2.65. The van der Waals surface area contributed by atoms with Gasteiger partial charge in [0.2, 0.25) is 0 Å². The number of hydrogen-bond donors (Lipinski definition) is 0. The minimum Gasteiger partial charge on any atom is -0.293 e. The van der Waals surface area contributed by atoms with Gasteiger partial charge >= 0.3 is 0 Å². The number of carbonyl (C=O) groups excluding carboxylic acids is 1. The second-order valence-electron chi connectivity index (χ2n) is 6.00. The molecule has 1 aliphatic carbocycles. The Kier molecular flexibility index (Phi) is 4.89. The highest BCUT2D eigenvalue weighted by Gasteiger charge is 2.31. The zero-order valence-electron chi connectivity index (χ0n) is 13.4. The molecule has 25 heavy (non-hydrogen) atoms. The molecule has 0 radical (unpaired) electrons. The van der Waals surface area contributed by atoms with E-state index in [1.54, 1.807) is 0 Å². The van der Waals surface area contributed by atoms with Gasteiger partial charge in [-0.2, -0.15) is 0 Å². The van der Waals surface area contributed by atoms with Gasteiger partial charge in [0.15, 0.2) is 10.9 Å². The molecule has 126 valence electrons. The standard InChI is InChI=1S/C19H16IN3OS/c20-15-10-8-13(9-11-15)17(24)12-25-19-22-21-18(14-6-7-14)23(19)16-4-2-1-3-5-16/h1-5,8-11,14H,6-7,12H2. The third-order valence-corrected chi connectivity index (χ3v) is 5.76. The fourth-order valence-corrected chi connectivity index (χ4v) is 3.86. The number of benzene rings is 2. The molecular formula is C19H16IN3OS. The molecule has 4 rings (SSSR count). The Morgan fingerprint density at radius 1 is 1.08 bits per heavy atom. The number of carbonyl (C=O) groups is 1. The van der Waals surface area contributed by atoms with E-state index in [1.807, 2.05) is 42.5 Å². The predicted octanol–water partition coefficient (Wildman–Crippen LogP) is 4.72. The minimum atomic E-state index is 0.108. The van der Waals surface area contributed by atoms with Gasteiger partial charge < -0.3 is 0 Å². The van der Waals surface area contributed by atoms with Crippen LogP contribution in [0.5, 0.6) is 0 Å². The van der Waals surface area contributed by atoms with Crippen LogP contribution in [0.4, 0.5) is 0 Å². The zero-order valence-corrected chi connectivity index (χ0v) is 16.4. The highest BCUT2D eigenvalue weighted by atomic mass is 127. The first-order valence-corrected chi connectivity index (χ1v) is 10.2. The number of hydrogen-bond acceptors (Lipinski definition) is 4. The molecule has 1 aliphatic rings. The Balaban J connectivity index is 1.56. The van der Waals surface area contributed by atoms with Gasteiger partial charge in [-0.15, -0.1) is 10.2 Å². The fraction of sp³-hybridized carbons (Fsp3) is 0.211. The van der Waals surface area contributed by atoms with Crippen molar-refractivity contribution in [3.05, 3.63) is 69.6 Å². The first-order chi connectivity index (χ1) is 12.2. The van der Waals surface area contributed by atoms with Crippen LogP contribution in [0.3, 0.4) is 0 Å². The summed E-state index contributed by atoms with van der Waals surface area (Å²) in [5.41, 5.74) is 1.79. The van der Waals surface area contributed by atoms with Crippen molar-refractivity contribution in [1.82, 2.24) is 14.8 Å². The monoisotopic (exact) mass is 461 g/mol. The maximum absolute atomic E-state index is 12.4. The van der Waals surface area contributed by atoms with E-state index < -0.39 is 0 Å². The highest BCUT2D eigenvalue weighted by molar-refractivity contribution is 14.1. The smallest absolute Gasteiger partial charge is 0.196 e. The van der Waals surface area contributed by atoms with Crippen LogP contribution in [0.15, 0.2) is 59.8 Å². The molecule has 1 fully saturated rings. The largest absolute Gasteiger partial charge is 0.293 e. The maximum Gasteiger partial charge on any atom is 0.196 e. The lowest BCUT2D eigenvalue weighted by Crippen LogP contribution is -2.05. The van der Waals surface area contributed by atoms with Gasteiger partial charge in [-0.1, -0.05) is 42.1 Å². The van der Waals surface area contributed by atoms with Gasteiger partial charge in [0.25, 0.3) is 0 Å². The minimum absolute atomic E-state index is 0.108. The number of rotatable bonds is 6. The Morgan fingerprint density at radius 3 is 2.48 bits per heavy atom. The molecular weight excluding hydrogens is 445 g/mol. The number of thioether (sulfide) groups is 1. The highest BCUT2D eigenvalue weighted by Crippen LogP contribution is 2.41. The number of Topliss-reactive ketones (excluding diaryl/α,β-unsaturated/α-hetero) is 1. The van der Waals surface area contributed by atoms with Crippen LogP contribution in [0.2, 0.25) is 0 Å². The van der Waals surface area contributed by atoms with Gasteiger partial charge in [0.05, 0.1) is 5.75 Å². The third-order valence-electron chi connectivity index (χ3n) is 4.11. The summed E-state index contributed by atoms with van der Waals surface area (Å²) in [5.74, 6) is 1.97. The lowest BCUT2D eigenvalue weighted by molar-refractivity contribution is 0.102. The van der Waals surface area contributed by atoms with Crippen molar-refractivity contribution in [2.24, 2.45) is 0 Å². The SMILES string of the molecule is O=C(CSc1nnc(C2CC2)n1-c1ccccc1)c1ccc(I)cc1. The summed E-state index contributed by atoms with van der Waals surface area (Å²) >= 11 is 3.69. The van der Waals surface area contributed by atoms with Crippen LogP contribution in [-0.2, 0) is 0 Å². The molecule has 6 heteroatoms. The molecule has 0 unspecified atom stereocenters. The molecule has 4 nitrogen and oxygen atoms in total. The molecule has 0 N–H and O–H groups in total. The molecule has 2 aromatic carbocycles. The van der Waals surface area contributed by atoms with Crippen molar-refractivity contribution in [3.63, 3.8) is 0 Å². The molecule has 1 aromatic heterocycles. The van der Waals surface area contributed by atoms with Crippen molar-refractivity contribution >= 4 is 40.1 Å². The Hall–Kier alpha value is -1.67. The van der Waals surface area contributed by atoms with Crippen LogP contribution >= 0.6 is 34.4 Å². The summed E-state index contributed by atoms with van der Waals surface area (Å²) < 4.78 is 3.23. The summed E-state index contributed by atoms with van der Waals surface area (Å²) in [6.07, 6.45) is 2.33. The van der Waals surface area contributed by atoms with Gasteiger partial charge in [-0.05, 0) is 59.7 Å². The second kappa shape index (κ2) is 7.29. The Bertz CT molecular complexity index is 889. The Labute approximate surface area is 164 Å². The van der Waals surface area contributed by atoms with E-state index in [-0.39, 0.29) is 5.78 Å². The third kappa shape index (κ3) is 3.79. The molecule has 0 aliphatic heterocycles.